The minimum absolute atomic E-state index is 0.0270. The Morgan fingerprint density at radius 2 is 2.00 bits per heavy atom. The molecule has 0 heterocycles. The lowest BCUT2D eigenvalue weighted by Gasteiger charge is -2.36. The fraction of sp³-hybridized carbons (Fsp3) is 0.667. The van der Waals surface area contributed by atoms with Gasteiger partial charge in [-0.2, -0.15) is 0 Å². The third-order valence-electron chi connectivity index (χ3n) is 2.65. The van der Waals surface area contributed by atoms with Crippen LogP contribution in [0, 0.1) is 5.41 Å². The fourth-order valence-electron chi connectivity index (χ4n) is 1.59. The second kappa shape index (κ2) is 2.59. The van der Waals surface area contributed by atoms with E-state index >= 15 is 0 Å². The molecule has 3 heteroatoms. The molecule has 0 aromatic rings. The highest BCUT2D eigenvalue weighted by atomic mass is 16.1. The first-order valence-electron chi connectivity index (χ1n) is 4.11. The van der Waals surface area contributed by atoms with Crippen molar-refractivity contribution in [3.8, 4) is 0 Å². The van der Waals surface area contributed by atoms with Gasteiger partial charge >= 0.3 is 0 Å². The van der Waals surface area contributed by atoms with Gasteiger partial charge in [-0.05, 0) is 17.9 Å². The Labute approximate surface area is 72.8 Å². The molecule has 1 rings (SSSR count). The molecule has 4 N–H and O–H groups in total. The van der Waals surface area contributed by atoms with Crippen LogP contribution >= 0.6 is 0 Å². The van der Waals surface area contributed by atoms with Gasteiger partial charge in [0.15, 0.2) is 5.78 Å². The molecule has 0 bridgehead atoms. The molecule has 0 amide bonds. The van der Waals surface area contributed by atoms with E-state index in [0.29, 0.717) is 12.1 Å². The standard InChI is InChI=1S/C9H16N2O/c1-5-7(10)6(12)4-9(2,3)8(5)11/h8H,4,10-11H2,1-3H3. The molecule has 0 spiro atoms. The van der Waals surface area contributed by atoms with Crippen LogP contribution < -0.4 is 11.5 Å². The van der Waals surface area contributed by atoms with Gasteiger partial charge in [-0.25, -0.2) is 0 Å². The van der Waals surface area contributed by atoms with E-state index < -0.39 is 0 Å². The van der Waals surface area contributed by atoms with Gasteiger partial charge in [0.25, 0.3) is 0 Å². The van der Waals surface area contributed by atoms with Crippen molar-refractivity contribution < 1.29 is 4.79 Å². The van der Waals surface area contributed by atoms with Crippen LogP contribution in [0.25, 0.3) is 0 Å². The van der Waals surface area contributed by atoms with Crippen LogP contribution in [-0.4, -0.2) is 11.8 Å². The van der Waals surface area contributed by atoms with Crippen molar-refractivity contribution in [2.75, 3.05) is 0 Å². The molecule has 1 aliphatic carbocycles. The quantitative estimate of drug-likeness (QED) is 0.555. The minimum Gasteiger partial charge on any atom is -0.396 e. The van der Waals surface area contributed by atoms with Crippen molar-refractivity contribution in [3.63, 3.8) is 0 Å². The van der Waals surface area contributed by atoms with E-state index in [-0.39, 0.29) is 17.2 Å². The smallest absolute Gasteiger partial charge is 0.179 e. The average Bonchev–Trinajstić information content (AvgIpc) is 1.97. The highest BCUT2D eigenvalue weighted by Gasteiger charge is 2.36. The van der Waals surface area contributed by atoms with E-state index in [2.05, 4.69) is 0 Å². The maximum atomic E-state index is 11.3. The van der Waals surface area contributed by atoms with Gasteiger partial charge in [0.2, 0.25) is 0 Å². The largest absolute Gasteiger partial charge is 0.396 e. The number of carbonyl (C=O) groups excluding carboxylic acids is 1. The summed E-state index contributed by atoms with van der Waals surface area (Å²) in [4.78, 5) is 11.3. The summed E-state index contributed by atoms with van der Waals surface area (Å²) in [6, 6.07) is -0.0878. The van der Waals surface area contributed by atoms with Crippen LogP contribution in [0.15, 0.2) is 11.3 Å². The summed E-state index contributed by atoms with van der Waals surface area (Å²) in [6.07, 6.45) is 0.456. The first-order valence-corrected chi connectivity index (χ1v) is 4.11. The van der Waals surface area contributed by atoms with E-state index in [9.17, 15) is 4.79 Å². The average molecular weight is 168 g/mol. The molecule has 0 fully saturated rings. The van der Waals surface area contributed by atoms with Gasteiger partial charge in [-0.1, -0.05) is 13.8 Å². The van der Waals surface area contributed by atoms with Gasteiger partial charge in [0.05, 0.1) is 5.70 Å². The predicted molar refractivity (Wildman–Crippen MR) is 48.3 cm³/mol. The molecule has 12 heavy (non-hydrogen) atoms. The number of carbonyl (C=O) groups is 1. The summed E-state index contributed by atoms with van der Waals surface area (Å²) in [6.45, 7) is 5.82. The van der Waals surface area contributed by atoms with E-state index in [1.807, 2.05) is 20.8 Å². The Hall–Kier alpha value is -0.830. The summed E-state index contributed by atoms with van der Waals surface area (Å²) in [7, 11) is 0. The van der Waals surface area contributed by atoms with Gasteiger partial charge in [-0.3, -0.25) is 4.79 Å². The number of nitrogens with two attached hydrogens (primary N) is 2. The van der Waals surface area contributed by atoms with Crippen molar-refractivity contribution in [2.45, 2.75) is 33.2 Å². The van der Waals surface area contributed by atoms with Gasteiger partial charge in [0.1, 0.15) is 0 Å². The zero-order chi connectivity index (χ0) is 9.52. The number of allylic oxidation sites excluding steroid dienone is 1. The summed E-state index contributed by atoms with van der Waals surface area (Å²) < 4.78 is 0. The zero-order valence-corrected chi connectivity index (χ0v) is 7.85. The maximum Gasteiger partial charge on any atom is 0.179 e. The minimum atomic E-state index is -0.149. The number of Topliss-reactive ketones (excluding diaryl/α,β-unsaturated/α-hetero) is 1. The molecule has 0 aromatic carbocycles. The van der Waals surface area contributed by atoms with Gasteiger partial charge < -0.3 is 11.5 Å². The van der Waals surface area contributed by atoms with Gasteiger partial charge in [-0.15, -0.1) is 0 Å². The van der Waals surface area contributed by atoms with Crippen LogP contribution in [0.4, 0.5) is 0 Å². The topological polar surface area (TPSA) is 69.1 Å². The predicted octanol–water partition coefficient (Wildman–Crippen LogP) is 0.545. The number of ketones is 1. The Balaban J connectivity index is 3.10. The first kappa shape index (κ1) is 9.26. The first-order chi connectivity index (χ1) is 5.36. The van der Waals surface area contributed by atoms with E-state index in [1.165, 1.54) is 0 Å². The molecule has 0 radical (unpaired) electrons. The normalized spacial score (nSPS) is 29.3. The molecule has 1 atom stereocenters. The molecular formula is C9H16N2O. The summed E-state index contributed by atoms with van der Waals surface area (Å²) >= 11 is 0. The van der Waals surface area contributed by atoms with Crippen LogP contribution in [0.5, 0.6) is 0 Å². The Morgan fingerprint density at radius 1 is 1.50 bits per heavy atom. The lowest BCUT2D eigenvalue weighted by molar-refractivity contribution is -0.118. The number of rotatable bonds is 0. The number of hydrogen-bond acceptors (Lipinski definition) is 3. The van der Waals surface area contributed by atoms with Crippen LogP contribution in [0.2, 0.25) is 0 Å². The maximum absolute atomic E-state index is 11.3. The SMILES string of the molecule is CC1=C(N)C(=O)CC(C)(C)C1N. The lowest BCUT2D eigenvalue weighted by Crippen LogP contribution is -2.45. The Morgan fingerprint density at radius 3 is 2.50 bits per heavy atom. The van der Waals surface area contributed by atoms with Crippen LogP contribution in [0.3, 0.4) is 0 Å². The monoisotopic (exact) mass is 168 g/mol. The fourth-order valence-corrected chi connectivity index (χ4v) is 1.59. The Kier molecular flexibility index (Phi) is 2.00. The summed E-state index contributed by atoms with van der Waals surface area (Å²) in [5.41, 5.74) is 12.5. The van der Waals surface area contributed by atoms with Crippen LogP contribution in [-0.2, 0) is 4.79 Å². The lowest BCUT2D eigenvalue weighted by atomic mass is 9.72. The molecule has 68 valence electrons. The van der Waals surface area contributed by atoms with E-state index in [0.717, 1.165) is 5.57 Å². The third kappa shape index (κ3) is 1.25. The second-order valence-electron chi connectivity index (χ2n) is 4.16. The highest BCUT2D eigenvalue weighted by Crippen LogP contribution is 2.33. The molecule has 0 saturated heterocycles. The summed E-state index contributed by atoms with van der Waals surface area (Å²) in [5.74, 6) is 0.0270. The second-order valence-corrected chi connectivity index (χ2v) is 4.16. The van der Waals surface area contributed by atoms with E-state index in [1.54, 1.807) is 0 Å². The van der Waals surface area contributed by atoms with Gasteiger partial charge in [0, 0.05) is 12.5 Å². The molecule has 1 unspecified atom stereocenters. The summed E-state index contributed by atoms with van der Waals surface area (Å²) in [5, 5.41) is 0. The zero-order valence-electron chi connectivity index (χ0n) is 7.85. The molecule has 3 nitrogen and oxygen atoms in total. The molecule has 0 saturated carbocycles. The third-order valence-corrected chi connectivity index (χ3v) is 2.65. The van der Waals surface area contributed by atoms with Crippen molar-refractivity contribution in [1.29, 1.82) is 0 Å². The van der Waals surface area contributed by atoms with E-state index in [4.69, 9.17) is 11.5 Å². The van der Waals surface area contributed by atoms with Crippen LogP contribution in [0.1, 0.15) is 27.2 Å². The molecular weight excluding hydrogens is 152 g/mol. The molecule has 0 aliphatic heterocycles. The Bertz CT molecular complexity index is 253. The van der Waals surface area contributed by atoms with Crippen molar-refractivity contribution in [3.05, 3.63) is 11.3 Å². The van der Waals surface area contributed by atoms with Crippen molar-refractivity contribution in [1.82, 2.24) is 0 Å². The molecule has 0 aromatic heterocycles. The number of hydrogen-bond donors (Lipinski definition) is 2. The van der Waals surface area contributed by atoms with Crippen molar-refractivity contribution >= 4 is 5.78 Å². The molecule has 1 aliphatic rings. The highest BCUT2D eigenvalue weighted by molar-refractivity contribution is 5.96. The van der Waals surface area contributed by atoms with Crippen molar-refractivity contribution in [2.24, 2.45) is 16.9 Å².